The van der Waals surface area contributed by atoms with Crippen molar-refractivity contribution in [3.05, 3.63) is 16.7 Å². The van der Waals surface area contributed by atoms with E-state index in [4.69, 9.17) is 25.8 Å². The summed E-state index contributed by atoms with van der Waals surface area (Å²) in [5.41, 5.74) is 0.755. The summed E-state index contributed by atoms with van der Waals surface area (Å²) >= 11 is 6.07. The minimum Gasteiger partial charge on any atom is -0.495 e. The van der Waals surface area contributed by atoms with Gasteiger partial charge in [0.2, 0.25) is 6.79 Å². The fraction of sp³-hybridized carbons (Fsp3) is 0.455. The van der Waals surface area contributed by atoms with E-state index in [-0.39, 0.29) is 19.3 Å². The minimum atomic E-state index is -0.121. The second kappa shape index (κ2) is 4.39. The molecule has 2 rings (SSSR count). The Morgan fingerprint density at radius 2 is 2.31 bits per heavy atom. The van der Waals surface area contributed by atoms with Gasteiger partial charge >= 0.3 is 0 Å². The van der Waals surface area contributed by atoms with Crippen molar-refractivity contribution in [2.24, 2.45) is 0 Å². The first kappa shape index (κ1) is 11.4. The van der Waals surface area contributed by atoms with Gasteiger partial charge in [-0.2, -0.15) is 0 Å². The summed E-state index contributed by atoms with van der Waals surface area (Å²) < 4.78 is 15.9. The van der Waals surface area contributed by atoms with Crippen LogP contribution in [0.5, 0.6) is 17.2 Å². The van der Waals surface area contributed by atoms with E-state index in [0.717, 1.165) is 5.56 Å². The molecule has 16 heavy (non-hydrogen) atoms. The number of aliphatic hydroxyl groups is 1. The van der Waals surface area contributed by atoms with E-state index < -0.39 is 0 Å². The van der Waals surface area contributed by atoms with Crippen molar-refractivity contribution in [3.8, 4) is 17.2 Å². The lowest BCUT2D eigenvalue weighted by molar-refractivity contribution is 0.172. The van der Waals surface area contributed by atoms with Crippen LogP contribution in [0.3, 0.4) is 0 Å². The van der Waals surface area contributed by atoms with Crippen molar-refractivity contribution in [2.75, 3.05) is 20.5 Å². The smallest absolute Gasteiger partial charge is 0.231 e. The zero-order chi connectivity index (χ0) is 11.7. The van der Waals surface area contributed by atoms with Crippen LogP contribution in [0.2, 0.25) is 5.02 Å². The average molecular weight is 245 g/mol. The second-order valence-electron chi connectivity index (χ2n) is 3.62. The fourth-order valence-electron chi connectivity index (χ4n) is 1.76. The molecule has 0 saturated carbocycles. The maximum atomic E-state index is 9.24. The van der Waals surface area contributed by atoms with Gasteiger partial charge in [0.05, 0.1) is 12.1 Å². The van der Waals surface area contributed by atoms with Crippen molar-refractivity contribution >= 4 is 11.6 Å². The predicted octanol–water partition coefficient (Wildman–Crippen LogP) is 2.17. The first-order valence-electron chi connectivity index (χ1n) is 4.95. The first-order chi connectivity index (χ1) is 7.69. The number of benzene rings is 1. The molecular weight excluding hydrogens is 232 g/mol. The highest BCUT2D eigenvalue weighted by molar-refractivity contribution is 6.32. The molecular formula is C11H13ClO4. The van der Waals surface area contributed by atoms with Crippen LogP contribution in [-0.2, 0) is 0 Å². The third-order valence-corrected chi connectivity index (χ3v) is 2.86. The summed E-state index contributed by atoms with van der Waals surface area (Å²) in [7, 11) is 1.54. The molecule has 4 nitrogen and oxygen atoms in total. The first-order valence-corrected chi connectivity index (χ1v) is 5.33. The van der Waals surface area contributed by atoms with Crippen LogP contribution in [-0.4, -0.2) is 25.6 Å². The quantitative estimate of drug-likeness (QED) is 0.885. The lowest BCUT2D eigenvalue weighted by Gasteiger charge is -2.17. The van der Waals surface area contributed by atoms with Gasteiger partial charge in [-0.3, -0.25) is 0 Å². The van der Waals surface area contributed by atoms with E-state index in [1.54, 1.807) is 6.07 Å². The molecule has 1 N–H and O–H groups in total. The number of fused-ring (bicyclic) bond motifs is 1. The summed E-state index contributed by atoms with van der Waals surface area (Å²) in [5, 5.41) is 9.70. The van der Waals surface area contributed by atoms with Crippen molar-refractivity contribution in [1.29, 1.82) is 0 Å². The molecule has 1 aliphatic heterocycles. The van der Waals surface area contributed by atoms with Gasteiger partial charge in [-0.05, 0) is 0 Å². The van der Waals surface area contributed by atoms with E-state index in [1.165, 1.54) is 7.11 Å². The standard InChI is InChI=1S/C11H13ClO4/c1-6(4-13)9-10(14-2)7(12)3-8-11(9)16-5-15-8/h3,6,13H,4-5H2,1-2H3. The van der Waals surface area contributed by atoms with Gasteiger partial charge in [-0.1, -0.05) is 18.5 Å². The van der Waals surface area contributed by atoms with Crippen molar-refractivity contribution in [3.63, 3.8) is 0 Å². The highest BCUT2D eigenvalue weighted by Crippen LogP contribution is 2.48. The summed E-state index contributed by atoms with van der Waals surface area (Å²) in [5.74, 6) is 1.63. The Hall–Kier alpha value is -1.13. The molecule has 1 unspecified atom stereocenters. The molecule has 0 amide bonds. The van der Waals surface area contributed by atoms with Crippen LogP contribution in [0.25, 0.3) is 0 Å². The monoisotopic (exact) mass is 244 g/mol. The summed E-state index contributed by atoms with van der Waals surface area (Å²) in [6.07, 6.45) is 0. The molecule has 1 aromatic carbocycles. The molecule has 1 aromatic rings. The van der Waals surface area contributed by atoms with Gasteiger partial charge in [0.15, 0.2) is 11.5 Å². The normalized spacial score (nSPS) is 15.0. The SMILES string of the molecule is COc1c(Cl)cc2c(c1C(C)CO)OCO2. The van der Waals surface area contributed by atoms with Gasteiger partial charge in [0.25, 0.3) is 0 Å². The maximum Gasteiger partial charge on any atom is 0.231 e. The van der Waals surface area contributed by atoms with Gasteiger partial charge in [0, 0.05) is 24.2 Å². The Morgan fingerprint density at radius 3 is 2.94 bits per heavy atom. The van der Waals surface area contributed by atoms with Crippen molar-refractivity contribution in [2.45, 2.75) is 12.8 Å². The Balaban J connectivity index is 2.61. The molecule has 0 bridgehead atoms. The summed E-state index contributed by atoms with van der Waals surface area (Å²) in [6, 6.07) is 1.66. The Bertz CT molecular complexity index is 402. The van der Waals surface area contributed by atoms with Gasteiger partial charge in [0.1, 0.15) is 5.75 Å². The van der Waals surface area contributed by atoms with E-state index in [0.29, 0.717) is 22.3 Å². The van der Waals surface area contributed by atoms with Crippen molar-refractivity contribution in [1.82, 2.24) is 0 Å². The zero-order valence-corrected chi connectivity index (χ0v) is 9.87. The van der Waals surface area contributed by atoms with Gasteiger partial charge < -0.3 is 19.3 Å². The number of hydrogen-bond acceptors (Lipinski definition) is 4. The van der Waals surface area contributed by atoms with Crippen LogP contribution in [0.15, 0.2) is 6.07 Å². The van der Waals surface area contributed by atoms with Crippen molar-refractivity contribution < 1.29 is 19.3 Å². The van der Waals surface area contributed by atoms with Crippen LogP contribution in [0.1, 0.15) is 18.4 Å². The van der Waals surface area contributed by atoms with E-state index in [1.807, 2.05) is 6.92 Å². The van der Waals surface area contributed by atoms with E-state index in [9.17, 15) is 5.11 Å². The Labute approximate surface area is 98.7 Å². The largest absolute Gasteiger partial charge is 0.495 e. The van der Waals surface area contributed by atoms with Crippen LogP contribution < -0.4 is 14.2 Å². The lowest BCUT2D eigenvalue weighted by atomic mass is 9.99. The number of ether oxygens (including phenoxy) is 3. The Kier molecular flexibility index (Phi) is 3.12. The molecule has 0 saturated heterocycles. The number of hydrogen-bond donors (Lipinski definition) is 1. The molecule has 0 aromatic heterocycles. The Morgan fingerprint density at radius 1 is 1.56 bits per heavy atom. The summed E-state index contributed by atoms with van der Waals surface area (Å²) in [4.78, 5) is 0. The number of methoxy groups -OCH3 is 1. The number of aliphatic hydroxyl groups excluding tert-OH is 1. The zero-order valence-electron chi connectivity index (χ0n) is 9.12. The number of rotatable bonds is 3. The topological polar surface area (TPSA) is 47.9 Å². The van der Waals surface area contributed by atoms with E-state index >= 15 is 0 Å². The lowest BCUT2D eigenvalue weighted by Crippen LogP contribution is -2.04. The third kappa shape index (κ3) is 1.68. The number of halogens is 1. The van der Waals surface area contributed by atoms with Crippen LogP contribution in [0, 0.1) is 0 Å². The molecule has 88 valence electrons. The molecule has 5 heteroatoms. The summed E-state index contributed by atoms with van der Waals surface area (Å²) in [6.45, 7) is 2.03. The molecule has 1 heterocycles. The van der Waals surface area contributed by atoms with Crippen LogP contribution in [0.4, 0.5) is 0 Å². The second-order valence-corrected chi connectivity index (χ2v) is 4.03. The molecule has 0 spiro atoms. The molecule has 0 aliphatic carbocycles. The average Bonchev–Trinajstić information content (AvgIpc) is 2.73. The third-order valence-electron chi connectivity index (χ3n) is 2.58. The fourth-order valence-corrected chi connectivity index (χ4v) is 2.04. The molecule has 0 fully saturated rings. The highest BCUT2D eigenvalue weighted by Gasteiger charge is 2.27. The molecule has 1 atom stereocenters. The minimum absolute atomic E-state index is 0.00744. The molecule has 1 aliphatic rings. The van der Waals surface area contributed by atoms with E-state index in [2.05, 4.69) is 0 Å². The van der Waals surface area contributed by atoms with Gasteiger partial charge in [-0.25, -0.2) is 0 Å². The predicted molar refractivity (Wildman–Crippen MR) is 59.6 cm³/mol. The van der Waals surface area contributed by atoms with Gasteiger partial charge in [-0.15, -0.1) is 0 Å². The molecule has 0 radical (unpaired) electrons. The van der Waals surface area contributed by atoms with Crippen LogP contribution >= 0.6 is 11.6 Å². The highest BCUT2D eigenvalue weighted by atomic mass is 35.5. The maximum absolute atomic E-state index is 9.24.